The lowest BCUT2D eigenvalue weighted by molar-refractivity contribution is 0.152. The second-order valence-corrected chi connectivity index (χ2v) is 4.59. The number of benzene rings is 1. The molecule has 1 fully saturated rings. The Morgan fingerprint density at radius 2 is 2.28 bits per heavy atom. The van der Waals surface area contributed by atoms with E-state index in [2.05, 4.69) is 5.32 Å². The molecular weight excluding hydrogens is 238 g/mol. The van der Waals surface area contributed by atoms with Gasteiger partial charge in [-0.1, -0.05) is 0 Å². The number of rotatable bonds is 5. The second-order valence-electron chi connectivity index (χ2n) is 4.59. The Morgan fingerprint density at radius 1 is 1.44 bits per heavy atom. The van der Waals surface area contributed by atoms with E-state index in [0.29, 0.717) is 23.8 Å². The Morgan fingerprint density at radius 3 is 2.94 bits per heavy atom. The molecule has 0 aromatic heterocycles. The van der Waals surface area contributed by atoms with Gasteiger partial charge in [0.1, 0.15) is 0 Å². The maximum absolute atomic E-state index is 12.8. The van der Waals surface area contributed by atoms with Crippen molar-refractivity contribution in [3.05, 3.63) is 23.8 Å². The first-order chi connectivity index (χ1) is 8.66. The molecule has 18 heavy (non-hydrogen) atoms. The van der Waals surface area contributed by atoms with Crippen LogP contribution in [0.2, 0.25) is 0 Å². The molecule has 0 spiro atoms. The molecule has 1 aromatic carbocycles. The van der Waals surface area contributed by atoms with E-state index in [9.17, 15) is 8.78 Å². The highest BCUT2D eigenvalue weighted by Crippen LogP contribution is 2.29. The standard InChI is InChI=1S/C13H18F2N2O/c14-13(15)11-7-10(16)1-2-12(11)17-5-3-9-4-6-18-8-9/h1-2,7,9,13,17H,3-6,8,16H2. The molecule has 0 bridgehead atoms. The average Bonchev–Trinajstić information content (AvgIpc) is 2.84. The van der Waals surface area contributed by atoms with Gasteiger partial charge in [-0.05, 0) is 37.0 Å². The molecule has 100 valence electrons. The third kappa shape index (κ3) is 3.32. The molecule has 1 atom stereocenters. The highest BCUT2D eigenvalue weighted by molar-refractivity contribution is 5.58. The molecule has 1 saturated heterocycles. The third-order valence-corrected chi connectivity index (χ3v) is 3.20. The second kappa shape index (κ2) is 6.00. The summed E-state index contributed by atoms with van der Waals surface area (Å²) in [5.41, 5.74) is 6.32. The van der Waals surface area contributed by atoms with Gasteiger partial charge >= 0.3 is 0 Å². The molecule has 0 amide bonds. The zero-order valence-corrected chi connectivity index (χ0v) is 10.2. The number of nitrogens with one attached hydrogen (secondary N) is 1. The molecule has 1 aliphatic heterocycles. The van der Waals surface area contributed by atoms with Gasteiger partial charge in [0.05, 0.1) is 0 Å². The minimum absolute atomic E-state index is 0.0299. The average molecular weight is 256 g/mol. The Hall–Kier alpha value is -1.36. The van der Waals surface area contributed by atoms with Crippen LogP contribution in [0.5, 0.6) is 0 Å². The summed E-state index contributed by atoms with van der Waals surface area (Å²) in [7, 11) is 0. The van der Waals surface area contributed by atoms with Gasteiger partial charge in [-0.3, -0.25) is 0 Å². The van der Waals surface area contributed by atoms with Crippen LogP contribution in [-0.4, -0.2) is 19.8 Å². The van der Waals surface area contributed by atoms with E-state index in [1.807, 2.05) is 0 Å². The van der Waals surface area contributed by atoms with Gasteiger partial charge in [-0.15, -0.1) is 0 Å². The Kier molecular flexibility index (Phi) is 4.36. The quantitative estimate of drug-likeness (QED) is 0.796. The molecule has 3 nitrogen and oxygen atoms in total. The topological polar surface area (TPSA) is 47.3 Å². The normalized spacial score (nSPS) is 19.4. The minimum Gasteiger partial charge on any atom is -0.399 e. The number of nitrogens with two attached hydrogens (primary N) is 1. The molecule has 0 radical (unpaired) electrons. The highest BCUT2D eigenvalue weighted by atomic mass is 19.3. The summed E-state index contributed by atoms with van der Waals surface area (Å²) in [4.78, 5) is 0. The zero-order chi connectivity index (χ0) is 13.0. The lowest BCUT2D eigenvalue weighted by Crippen LogP contribution is -2.10. The third-order valence-electron chi connectivity index (χ3n) is 3.20. The van der Waals surface area contributed by atoms with Gasteiger partial charge in [0.15, 0.2) is 0 Å². The maximum Gasteiger partial charge on any atom is 0.265 e. The first-order valence-electron chi connectivity index (χ1n) is 6.16. The highest BCUT2D eigenvalue weighted by Gasteiger charge is 2.16. The lowest BCUT2D eigenvalue weighted by atomic mass is 10.1. The van der Waals surface area contributed by atoms with E-state index in [0.717, 1.165) is 26.1 Å². The SMILES string of the molecule is Nc1ccc(NCCC2CCOC2)c(C(F)F)c1. The number of ether oxygens (including phenoxy) is 1. The van der Waals surface area contributed by atoms with Crippen molar-refractivity contribution in [1.29, 1.82) is 0 Å². The van der Waals surface area contributed by atoms with E-state index in [1.54, 1.807) is 12.1 Å². The Bertz CT molecular complexity index is 393. The van der Waals surface area contributed by atoms with Crippen molar-refractivity contribution in [3.8, 4) is 0 Å². The predicted molar refractivity (Wildman–Crippen MR) is 67.8 cm³/mol. The first-order valence-corrected chi connectivity index (χ1v) is 6.16. The summed E-state index contributed by atoms with van der Waals surface area (Å²) < 4.78 is 30.9. The van der Waals surface area contributed by atoms with Gasteiger partial charge < -0.3 is 15.8 Å². The van der Waals surface area contributed by atoms with Crippen molar-refractivity contribution >= 4 is 11.4 Å². The Labute approximate surface area is 105 Å². The number of hydrogen-bond donors (Lipinski definition) is 2. The molecule has 0 saturated carbocycles. The van der Waals surface area contributed by atoms with Gasteiger partial charge in [0.2, 0.25) is 0 Å². The van der Waals surface area contributed by atoms with Crippen LogP contribution in [0.1, 0.15) is 24.8 Å². The summed E-state index contributed by atoms with van der Waals surface area (Å²) in [6.07, 6.45) is -0.510. The first kappa shape index (κ1) is 13.1. The predicted octanol–water partition coefficient (Wildman–Crippen LogP) is 3.04. The van der Waals surface area contributed by atoms with Crippen LogP contribution in [0.4, 0.5) is 20.2 Å². The molecule has 1 unspecified atom stereocenters. The largest absolute Gasteiger partial charge is 0.399 e. The van der Waals surface area contributed by atoms with Gasteiger partial charge in [-0.2, -0.15) is 0 Å². The number of alkyl halides is 2. The van der Waals surface area contributed by atoms with E-state index in [4.69, 9.17) is 10.5 Å². The van der Waals surface area contributed by atoms with Crippen molar-refractivity contribution < 1.29 is 13.5 Å². The smallest absolute Gasteiger partial charge is 0.265 e. The lowest BCUT2D eigenvalue weighted by Gasteiger charge is -2.14. The fourth-order valence-corrected chi connectivity index (χ4v) is 2.14. The van der Waals surface area contributed by atoms with Gasteiger partial charge in [0, 0.05) is 36.7 Å². The molecule has 1 aromatic rings. The molecule has 1 heterocycles. The molecular formula is C13H18F2N2O. The van der Waals surface area contributed by atoms with Crippen LogP contribution in [0.15, 0.2) is 18.2 Å². The summed E-state index contributed by atoms with van der Waals surface area (Å²) in [6.45, 7) is 2.28. The van der Waals surface area contributed by atoms with Crippen molar-refractivity contribution in [2.45, 2.75) is 19.3 Å². The van der Waals surface area contributed by atoms with Crippen molar-refractivity contribution in [3.63, 3.8) is 0 Å². The minimum atomic E-state index is -2.51. The van der Waals surface area contributed by atoms with Crippen molar-refractivity contribution in [1.82, 2.24) is 0 Å². The van der Waals surface area contributed by atoms with Crippen LogP contribution < -0.4 is 11.1 Å². The van der Waals surface area contributed by atoms with Gasteiger partial charge in [0.25, 0.3) is 6.43 Å². The van der Waals surface area contributed by atoms with Crippen LogP contribution in [0.3, 0.4) is 0 Å². The summed E-state index contributed by atoms with van der Waals surface area (Å²) in [6, 6.07) is 4.57. The molecule has 1 aliphatic rings. The van der Waals surface area contributed by atoms with Crippen LogP contribution in [0.25, 0.3) is 0 Å². The molecule has 5 heteroatoms. The van der Waals surface area contributed by atoms with E-state index >= 15 is 0 Å². The number of hydrogen-bond acceptors (Lipinski definition) is 3. The summed E-state index contributed by atoms with van der Waals surface area (Å²) >= 11 is 0. The van der Waals surface area contributed by atoms with Crippen LogP contribution >= 0.6 is 0 Å². The molecule has 3 N–H and O–H groups in total. The Balaban J connectivity index is 1.91. The van der Waals surface area contributed by atoms with E-state index < -0.39 is 6.43 Å². The fraction of sp³-hybridized carbons (Fsp3) is 0.538. The number of nitrogen functional groups attached to an aromatic ring is 1. The van der Waals surface area contributed by atoms with E-state index in [-0.39, 0.29) is 5.56 Å². The number of halogens is 2. The maximum atomic E-state index is 12.8. The van der Waals surface area contributed by atoms with Crippen LogP contribution in [-0.2, 0) is 4.74 Å². The van der Waals surface area contributed by atoms with Crippen LogP contribution in [0, 0.1) is 5.92 Å². The number of anilines is 2. The fourth-order valence-electron chi connectivity index (χ4n) is 2.14. The summed E-state index contributed by atoms with van der Waals surface area (Å²) in [5, 5.41) is 3.06. The van der Waals surface area contributed by atoms with Gasteiger partial charge in [-0.25, -0.2) is 8.78 Å². The molecule has 0 aliphatic carbocycles. The van der Waals surface area contributed by atoms with E-state index in [1.165, 1.54) is 6.07 Å². The summed E-state index contributed by atoms with van der Waals surface area (Å²) in [5.74, 6) is 0.543. The zero-order valence-electron chi connectivity index (χ0n) is 10.2. The van der Waals surface area contributed by atoms with Crippen molar-refractivity contribution in [2.75, 3.05) is 30.8 Å². The van der Waals surface area contributed by atoms with Crippen molar-refractivity contribution in [2.24, 2.45) is 5.92 Å². The monoisotopic (exact) mass is 256 g/mol. The molecule has 2 rings (SSSR count).